The minimum Gasteiger partial charge on any atom is -0.455 e. The lowest BCUT2D eigenvalue weighted by atomic mass is 10.1. The Hall–Kier alpha value is -2.27. The van der Waals surface area contributed by atoms with Crippen LogP contribution in [0.3, 0.4) is 0 Å². The topological polar surface area (TPSA) is 67.8 Å². The Kier molecular flexibility index (Phi) is 3.87. The van der Waals surface area contributed by atoms with Gasteiger partial charge in [0.1, 0.15) is 17.3 Å². The van der Waals surface area contributed by atoms with Crippen LogP contribution in [0.5, 0.6) is 11.5 Å². The van der Waals surface area contributed by atoms with Crippen molar-refractivity contribution in [1.29, 1.82) is 0 Å². The van der Waals surface area contributed by atoms with E-state index in [4.69, 9.17) is 27.3 Å². The normalized spacial score (nSPS) is 11.4. The van der Waals surface area contributed by atoms with Crippen molar-refractivity contribution in [3.8, 4) is 11.5 Å². The molecule has 98 valence electrons. The van der Waals surface area contributed by atoms with E-state index >= 15 is 0 Å². The first-order valence-corrected chi connectivity index (χ1v) is 5.70. The molecule has 2 rings (SSSR count). The molecule has 0 spiro atoms. The zero-order valence-corrected chi connectivity index (χ0v) is 10.4. The highest BCUT2D eigenvalue weighted by atomic mass is 35.5. The second-order valence-electron chi connectivity index (χ2n) is 3.63. The van der Waals surface area contributed by atoms with Crippen molar-refractivity contribution in [2.45, 2.75) is 0 Å². The molecule has 4 nitrogen and oxygen atoms in total. The van der Waals surface area contributed by atoms with Gasteiger partial charge in [-0.25, -0.2) is 4.39 Å². The molecule has 0 radical (unpaired) electrons. The van der Waals surface area contributed by atoms with Gasteiger partial charge >= 0.3 is 0 Å². The summed E-state index contributed by atoms with van der Waals surface area (Å²) in [4.78, 5) is 0. The molecule has 0 aliphatic carbocycles. The van der Waals surface area contributed by atoms with Crippen LogP contribution in [0.2, 0.25) is 5.02 Å². The van der Waals surface area contributed by atoms with Gasteiger partial charge < -0.3 is 15.7 Å². The van der Waals surface area contributed by atoms with Crippen molar-refractivity contribution in [3.05, 3.63) is 58.9 Å². The molecule has 2 aromatic rings. The molecule has 0 atom stereocenters. The molecule has 0 fully saturated rings. The SMILES string of the molecule is NC(=NO)c1c(F)cccc1Oc1ccccc1Cl. The van der Waals surface area contributed by atoms with E-state index in [-0.39, 0.29) is 17.1 Å². The Morgan fingerprint density at radius 2 is 1.84 bits per heavy atom. The third kappa shape index (κ3) is 2.77. The second kappa shape index (κ2) is 5.58. The Morgan fingerprint density at radius 1 is 1.16 bits per heavy atom. The lowest BCUT2D eigenvalue weighted by Gasteiger charge is -2.11. The highest BCUT2D eigenvalue weighted by molar-refractivity contribution is 6.32. The van der Waals surface area contributed by atoms with Gasteiger partial charge in [0.2, 0.25) is 0 Å². The number of oxime groups is 1. The van der Waals surface area contributed by atoms with Gasteiger partial charge in [-0.05, 0) is 24.3 Å². The van der Waals surface area contributed by atoms with Gasteiger partial charge in [-0.1, -0.05) is 35.0 Å². The largest absolute Gasteiger partial charge is 0.455 e. The number of benzene rings is 2. The molecule has 6 heteroatoms. The fourth-order valence-electron chi connectivity index (χ4n) is 1.53. The van der Waals surface area contributed by atoms with Gasteiger partial charge in [0, 0.05) is 0 Å². The van der Waals surface area contributed by atoms with Crippen LogP contribution in [0.1, 0.15) is 5.56 Å². The predicted octanol–water partition coefficient (Wildman–Crippen LogP) is 3.37. The van der Waals surface area contributed by atoms with Crippen LogP contribution in [0, 0.1) is 5.82 Å². The fourth-order valence-corrected chi connectivity index (χ4v) is 1.71. The van der Waals surface area contributed by atoms with E-state index in [2.05, 4.69) is 5.16 Å². The Balaban J connectivity index is 2.47. The van der Waals surface area contributed by atoms with E-state index in [9.17, 15) is 4.39 Å². The third-order valence-electron chi connectivity index (χ3n) is 2.40. The number of nitrogens with two attached hydrogens (primary N) is 1. The number of ether oxygens (including phenoxy) is 1. The average molecular weight is 281 g/mol. The van der Waals surface area contributed by atoms with Gasteiger partial charge in [-0.2, -0.15) is 0 Å². The minimum atomic E-state index is -0.653. The zero-order chi connectivity index (χ0) is 13.8. The average Bonchev–Trinajstić information content (AvgIpc) is 2.41. The fraction of sp³-hybridized carbons (Fsp3) is 0. The summed E-state index contributed by atoms with van der Waals surface area (Å²) in [6.45, 7) is 0. The lowest BCUT2D eigenvalue weighted by molar-refractivity contribution is 0.318. The number of rotatable bonds is 3. The summed E-state index contributed by atoms with van der Waals surface area (Å²) in [5.74, 6) is -0.565. The van der Waals surface area contributed by atoms with E-state index in [1.165, 1.54) is 18.2 Å². The monoisotopic (exact) mass is 280 g/mol. The second-order valence-corrected chi connectivity index (χ2v) is 4.04. The van der Waals surface area contributed by atoms with Crippen LogP contribution in [-0.2, 0) is 0 Å². The summed E-state index contributed by atoms with van der Waals surface area (Å²) in [7, 11) is 0. The van der Waals surface area contributed by atoms with E-state index in [1.54, 1.807) is 24.3 Å². The van der Waals surface area contributed by atoms with Crippen molar-refractivity contribution >= 4 is 17.4 Å². The molecule has 0 aliphatic rings. The molecule has 0 aliphatic heterocycles. The number of para-hydroxylation sites is 1. The highest BCUT2D eigenvalue weighted by Crippen LogP contribution is 2.31. The number of hydrogen-bond acceptors (Lipinski definition) is 3. The minimum absolute atomic E-state index is 0.114. The zero-order valence-electron chi connectivity index (χ0n) is 9.68. The molecule has 19 heavy (non-hydrogen) atoms. The third-order valence-corrected chi connectivity index (χ3v) is 2.71. The molecule has 0 unspecified atom stereocenters. The summed E-state index contributed by atoms with van der Waals surface area (Å²) in [6, 6.07) is 10.9. The molecule has 0 amide bonds. The summed E-state index contributed by atoms with van der Waals surface area (Å²) in [5, 5.41) is 11.8. The van der Waals surface area contributed by atoms with Gasteiger partial charge in [-0.15, -0.1) is 0 Å². The molecule has 0 saturated heterocycles. The Bertz CT molecular complexity index is 632. The maximum atomic E-state index is 13.7. The van der Waals surface area contributed by atoms with Crippen LogP contribution in [-0.4, -0.2) is 11.0 Å². The van der Waals surface area contributed by atoms with Gasteiger partial charge in [0.15, 0.2) is 5.84 Å². The Morgan fingerprint density at radius 3 is 2.53 bits per heavy atom. The summed E-state index contributed by atoms with van der Waals surface area (Å²) >= 11 is 5.95. The summed E-state index contributed by atoms with van der Waals surface area (Å²) in [6.07, 6.45) is 0. The maximum Gasteiger partial charge on any atom is 0.176 e. The Labute approximate surface area is 113 Å². The molecule has 3 N–H and O–H groups in total. The predicted molar refractivity (Wildman–Crippen MR) is 70.4 cm³/mol. The maximum absolute atomic E-state index is 13.7. The van der Waals surface area contributed by atoms with Gasteiger partial charge in [-0.3, -0.25) is 0 Å². The van der Waals surface area contributed by atoms with Gasteiger partial charge in [0.25, 0.3) is 0 Å². The summed E-state index contributed by atoms with van der Waals surface area (Å²) < 4.78 is 19.2. The van der Waals surface area contributed by atoms with Crippen LogP contribution < -0.4 is 10.5 Å². The molecular formula is C13H10ClFN2O2. The van der Waals surface area contributed by atoms with Crippen molar-refractivity contribution in [2.75, 3.05) is 0 Å². The quantitative estimate of drug-likeness (QED) is 0.392. The first-order chi connectivity index (χ1) is 9.13. The van der Waals surface area contributed by atoms with Crippen molar-refractivity contribution in [2.24, 2.45) is 10.9 Å². The lowest BCUT2D eigenvalue weighted by Crippen LogP contribution is -2.16. The van der Waals surface area contributed by atoms with Crippen LogP contribution >= 0.6 is 11.6 Å². The first kappa shape index (κ1) is 13.2. The van der Waals surface area contributed by atoms with E-state index in [0.29, 0.717) is 10.8 Å². The van der Waals surface area contributed by atoms with Crippen LogP contribution in [0.25, 0.3) is 0 Å². The van der Waals surface area contributed by atoms with E-state index in [1.807, 2.05) is 0 Å². The van der Waals surface area contributed by atoms with Crippen molar-refractivity contribution in [1.82, 2.24) is 0 Å². The number of nitrogens with zero attached hydrogens (tertiary/aromatic N) is 1. The van der Waals surface area contributed by atoms with Crippen LogP contribution in [0.15, 0.2) is 47.6 Å². The highest BCUT2D eigenvalue weighted by Gasteiger charge is 2.15. The van der Waals surface area contributed by atoms with Crippen molar-refractivity contribution in [3.63, 3.8) is 0 Å². The number of halogens is 2. The number of hydrogen-bond donors (Lipinski definition) is 2. The standard InChI is InChI=1S/C13H10ClFN2O2/c14-8-4-1-2-6-10(8)19-11-7-3-5-9(15)12(11)13(16)17-18/h1-7,18H,(H2,16,17). The first-order valence-electron chi connectivity index (χ1n) is 5.32. The van der Waals surface area contributed by atoms with E-state index < -0.39 is 5.82 Å². The van der Waals surface area contributed by atoms with Crippen LogP contribution in [0.4, 0.5) is 4.39 Å². The van der Waals surface area contributed by atoms with Gasteiger partial charge in [0.05, 0.1) is 10.6 Å². The van der Waals surface area contributed by atoms with Crippen molar-refractivity contribution < 1.29 is 14.3 Å². The molecule has 0 heterocycles. The molecular weight excluding hydrogens is 271 g/mol. The van der Waals surface area contributed by atoms with E-state index in [0.717, 1.165) is 0 Å². The molecule has 0 bridgehead atoms. The summed E-state index contributed by atoms with van der Waals surface area (Å²) in [5.41, 5.74) is 5.31. The molecule has 2 aromatic carbocycles. The number of amidine groups is 1. The smallest absolute Gasteiger partial charge is 0.176 e. The molecule has 0 saturated carbocycles. The molecule has 0 aromatic heterocycles.